The molecule has 4 heteroatoms. The Hall–Kier alpha value is -1.71. The van der Waals surface area contributed by atoms with Gasteiger partial charge in [-0.15, -0.1) is 0 Å². The van der Waals surface area contributed by atoms with Gasteiger partial charge in [0, 0.05) is 7.05 Å². The van der Waals surface area contributed by atoms with Crippen LogP contribution in [0.2, 0.25) is 0 Å². The molecule has 1 atom stereocenters. The van der Waals surface area contributed by atoms with Crippen molar-refractivity contribution in [3.8, 4) is 0 Å². The number of rotatable bonds is 3. The third-order valence-corrected chi connectivity index (χ3v) is 2.34. The molecular weight excluding hydrogens is 190 g/mol. The maximum atomic E-state index is 11.3. The SMILES string of the molecule is CNC(=O)C(C)Nc1cccc(C)c1N. The fourth-order valence-corrected chi connectivity index (χ4v) is 1.32. The second-order valence-electron chi connectivity index (χ2n) is 3.52. The molecule has 0 saturated carbocycles. The van der Waals surface area contributed by atoms with E-state index in [4.69, 9.17) is 5.73 Å². The topological polar surface area (TPSA) is 67.2 Å². The van der Waals surface area contributed by atoms with Crippen molar-refractivity contribution in [1.82, 2.24) is 5.32 Å². The van der Waals surface area contributed by atoms with Crippen LogP contribution in [-0.2, 0) is 4.79 Å². The number of carbonyl (C=O) groups excluding carboxylic acids is 1. The Morgan fingerprint density at radius 3 is 2.73 bits per heavy atom. The number of nitrogens with one attached hydrogen (secondary N) is 2. The molecule has 0 fully saturated rings. The van der Waals surface area contributed by atoms with Crippen molar-refractivity contribution in [2.75, 3.05) is 18.1 Å². The molecule has 1 amide bonds. The van der Waals surface area contributed by atoms with Crippen molar-refractivity contribution in [2.24, 2.45) is 0 Å². The smallest absolute Gasteiger partial charge is 0.241 e. The highest BCUT2D eigenvalue weighted by Gasteiger charge is 2.11. The number of amides is 1. The lowest BCUT2D eigenvalue weighted by atomic mass is 10.1. The van der Waals surface area contributed by atoms with Crippen LogP contribution in [0.4, 0.5) is 11.4 Å². The van der Waals surface area contributed by atoms with Crippen LogP contribution in [-0.4, -0.2) is 19.0 Å². The first-order chi connectivity index (χ1) is 7.06. The van der Waals surface area contributed by atoms with E-state index in [1.807, 2.05) is 25.1 Å². The number of likely N-dealkylation sites (N-methyl/N-ethyl adjacent to an activating group) is 1. The summed E-state index contributed by atoms with van der Waals surface area (Å²) in [5.74, 6) is -0.0593. The molecule has 0 aliphatic rings. The molecule has 0 saturated heterocycles. The Kier molecular flexibility index (Phi) is 3.55. The zero-order valence-electron chi connectivity index (χ0n) is 9.29. The average molecular weight is 207 g/mol. The van der Waals surface area contributed by atoms with E-state index >= 15 is 0 Å². The molecule has 1 aromatic carbocycles. The van der Waals surface area contributed by atoms with E-state index in [0.29, 0.717) is 5.69 Å². The molecule has 4 N–H and O–H groups in total. The van der Waals surface area contributed by atoms with E-state index in [0.717, 1.165) is 11.3 Å². The highest BCUT2D eigenvalue weighted by molar-refractivity contribution is 5.85. The van der Waals surface area contributed by atoms with Gasteiger partial charge in [-0.25, -0.2) is 0 Å². The predicted octanol–water partition coefficient (Wildman–Crippen LogP) is 1.12. The number of aryl methyl sites for hydroxylation is 1. The van der Waals surface area contributed by atoms with Crippen molar-refractivity contribution in [2.45, 2.75) is 19.9 Å². The van der Waals surface area contributed by atoms with Gasteiger partial charge in [0.25, 0.3) is 0 Å². The maximum absolute atomic E-state index is 11.3. The molecule has 1 rings (SSSR count). The number of hydrogen-bond acceptors (Lipinski definition) is 3. The first kappa shape index (κ1) is 11.4. The second-order valence-corrected chi connectivity index (χ2v) is 3.52. The molecule has 1 unspecified atom stereocenters. The van der Waals surface area contributed by atoms with Gasteiger partial charge in [-0.05, 0) is 25.5 Å². The zero-order valence-corrected chi connectivity index (χ0v) is 9.29. The molecule has 4 nitrogen and oxygen atoms in total. The lowest BCUT2D eigenvalue weighted by Crippen LogP contribution is -2.35. The normalized spacial score (nSPS) is 11.9. The monoisotopic (exact) mass is 207 g/mol. The van der Waals surface area contributed by atoms with Gasteiger partial charge in [-0.2, -0.15) is 0 Å². The van der Waals surface area contributed by atoms with Crippen molar-refractivity contribution in [3.63, 3.8) is 0 Å². The van der Waals surface area contributed by atoms with Gasteiger partial charge in [0.15, 0.2) is 0 Å². The van der Waals surface area contributed by atoms with Crippen LogP contribution in [0.1, 0.15) is 12.5 Å². The van der Waals surface area contributed by atoms with Crippen LogP contribution >= 0.6 is 0 Å². The third kappa shape index (κ3) is 2.62. The lowest BCUT2D eigenvalue weighted by molar-refractivity contribution is -0.121. The van der Waals surface area contributed by atoms with Gasteiger partial charge in [0.05, 0.1) is 11.4 Å². The summed E-state index contributed by atoms with van der Waals surface area (Å²) in [6.07, 6.45) is 0. The molecule has 0 spiro atoms. The van der Waals surface area contributed by atoms with E-state index in [2.05, 4.69) is 10.6 Å². The molecule has 0 aliphatic heterocycles. The van der Waals surface area contributed by atoms with Crippen LogP contribution in [0.5, 0.6) is 0 Å². The highest BCUT2D eigenvalue weighted by atomic mass is 16.2. The number of nitrogen functional groups attached to an aromatic ring is 1. The van der Waals surface area contributed by atoms with Gasteiger partial charge in [0.2, 0.25) is 5.91 Å². The molecule has 0 radical (unpaired) electrons. The Labute approximate surface area is 89.9 Å². The van der Waals surface area contributed by atoms with Crippen molar-refractivity contribution in [3.05, 3.63) is 23.8 Å². The first-order valence-corrected chi connectivity index (χ1v) is 4.89. The predicted molar refractivity (Wildman–Crippen MR) is 62.7 cm³/mol. The summed E-state index contributed by atoms with van der Waals surface area (Å²) in [6, 6.07) is 5.41. The number of nitrogens with two attached hydrogens (primary N) is 1. The third-order valence-electron chi connectivity index (χ3n) is 2.34. The summed E-state index contributed by atoms with van der Waals surface area (Å²) >= 11 is 0. The van der Waals surface area contributed by atoms with Crippen LogP contribution in [0.15, 0.2) is 18.2 Å². The van der Waals surface area contributed by atoms with Gasteiger partial charge in [-0.1, -0.05) is 12.1 Å². The number of carbonyl (C=O) groups is 1. The van der Waals surface area contributed by atoms with E-state index < -0.39 is 0 Å². The van der Waals surface area contributed by atoms with Crippen LogP contribution < -0.4 is 16.4 Å². The van der Waals surface area contributed by atoms with Gasteiger partial charge < -0.3 is 16.4 Å². The van der Waals surface area contributed by atoms with Crippen molar-refractivity contribution in [1.29, 1.82) is 0 Å². The standard InChI is InChI=1S/C11H17N3O/c1-7-5-4-6-9(10(7)12)14-8(2)11(15)13-3/h4-6,8,14H,12H2,1-3H3,(H,13,15). The van der Waals surface area contributed by atoms with Crippen molar-refractivity contribution < 1.29 is 4.79 Å². The van der Waals surface area contributed by atoms with Crippen LogP contribution in [0, 0.1) is 6.92 Å². The first-order valence-electron chi connectivity index (χ1n) is 4.89. The average Bonchev–Trinajstić information content (AvgIpc) is 2.23. The van der Waals surface area contributed by atoms with E-state index in [9.17, 15) is 4.79 Å². The molecule has 0 aliphatic carbocycles. The molecule has 0 heterocycles. The number of anilines is 2. The minimum absolute atomic E-state index is 0.0593. The van der Waals surface area contributed by atoms with E-state index in [-0.39, 0.29) is 11.9 Å². The second kappa shape index (κ2) is 4.68. The summed E-state index contributed by atoms with van der Waals surface area (Å²) in [5, 5.41) is 5.64. The Balaban J connectivity index is 2.81. The molecule has 15 heavy (non-hydrogen) atoms. The summed E-state index contributed by atoms with van der Waals surface area (Å²) in [5.41, 5.74) is 8.37. The largest absolute Gasteiger partial charge is 0.397 e. The zero-order chi connectivity index (χ0) is 11.4. The molecule has 1 aromatic rings. The summed E-state index contributed by atoms with van der Waals surface area (Å²) in [6.45, 7) is 3.73. The minimum atomic E-state index is -0.293. The fraction of sp³-hybridized carbons (Fsp3) is 0.364. The summed E-state index contributed by atoms with van der Waals surface area (Å²) in [4.78, 5) is 11.3. The van der Waals surface area contributed by atoms with Crippen molar-refractivity contribution >= 4 is 17.3 Å². The molecular formula is C11H17N3O. The van der Waals surface area contributed by atoms with Gasteiger partial charge in [0.1, 0.15) is 6.04 Å². The molecule has 0 aromatic heterocycles. The number of benzene rings is 1. The van der Waals surface area contributed by atoms with E-state index in [1.54, 1.807) is 14.0 Å². The quantitative estimate of drug-likeness (QED) is 0.651. The number of hydrogen-bond donors (Lipinski definition) is 3. The van der Waals surface area contributed by atoms with Crippen LogP contribution in [0.25, 0.3) is 0 Å². The Morgan fingerprint density at radius 2 is 2.13 bits per heavy atom. The Bertz CT molecular complexity index is 363. The summed E-state index contributed by atoms with van der Waals surface area (Å²) in [7, 11) is 1.61. The summed E-state index contributed by atoms with van der Waals surface area (Å²) < 4.78 is 0. The van der Waals surface area contributed by atoms with Gasteiger partial charge >= 0.3 is 0 Å². The number of para-hydroxylation sites is 1. The maximum Gasteiger partial charge on any atom is 0.241 e. The van der Waals surface area contributed by atoms with E-state index in [1.165, 1.54) is 0 Å². The highest BCUT2D eigenvalue weighted by Crippen LogP contribution is 2.22. The Morgan fingerprint density at radius 1 is 1.47 bits per heavy atom. The minimum Gasteiger partial charge on any atom is -0.397 e. The van der Waals surface area contributed by atoms with Gasteiger partial charge in [-0.3, -0.25) is 4.79 Å². The molecule has 82 valence electrons. The lowest BCUT2D eigenvalue weighted by Gasteiger charge is -2.16. The van der Waals surface area contributed by atoms with Crippen LogP contribution in [0.3, 0.4) is 0 Å². The fourth-order valence-electron chi connectivity index (χ4n) is 1.32. The molecule has 0 bridgehead atoms.